The normalized spacial score (nSPS) is 9.80. The monoisotopic (exact) mass is 221 g/mol. The third-order valence-electron chi connectivity index (χ3n) is 1.08. The number of aromatic amines is 1. The van der Waals surface area contributed by atoms with Crippen molar-refractivity contribution in [2.45, 2.75) is 5.88 Å². The number of nitrogens with one attached hydrogen (secondary N) is 1. The molecule has 0 atom stereocenters. The Hall–Kier alpha value is -0.280. The van der Waals surface area contributed by atoms with E-state index < -0.39 is 0 Å². The second-order valence-corrected chi connectivity index (χ2v) is 2.90. The van der Waals surface area contributed by atoms with Crippen LogP contribution in [0.25, 0.3) is 0 Å². The highest BCUT2D eigenvalue weighted by Gasteiger charge is 1.96. The lowest BCUT2D eigenvalue weighted by Crippen LogP contribution is -2.05. The molecule has 0 bridgehead atoms. The van der Waals surface area contributed by atoms with E-state index in [4.69, 9.17) is 11.6 Å². The number of alkyl halides is 1. The van der Waals surface area contributed by atoms with Crippen LogP contribution < -0.4 is 5.56 Å². The third kappa shape index (κ3) is 1.61. The van der Waals surface area contributed by atoms with E-state index in [-0.39, 0.29) is 5.56 Å². The van der Waals surface area contributed by atoms with Crippen LogP contribution in [0.1, 0.15) is 5.69 Å². The highest BCUT2D eigenvalue weighted by molar-refractivity contribution is 9.10. The van der Waals surface area contributed by atoms with E-state index in [0.29, 0.717) is 11.6 Å². The maximum Gasteiger partial charge on any atom is 0.248 e. The molecule has 0 fully saturated rings. The predicted molar refractivity (Wildman–Crippen MR) is 44.3 cm³/mol. The summed E-state index contributed by atoms with van der Waals surface area (Å²) in [5.41, 5.74) is 0.591. The Labute approximate surface area is 71.3 Å². The standard InChI is InChI=1S/C6H5BrClNO/c7-4-1-2-6(10)9-5(4)3-8/h1-2H,3H2,(H,9,10). The van der Waals surface area contributed by atoms with E-state index in [2.05, 4.69) is 20.9 Å². The maximum absolute atomic E-state index is 10.7. The van der Waals surface area contributed by atoms with Crippen molar-refractivity contribution in [1.82, 2.24) is 4.98 Å². The van der Waals surface area contributed by atoms with Gasteiger partial charge in [0.2, 0.25) is 5.56 Å². The molecular weight excluding hydrogens is 217 g/mol. The van der Waals surface area contributed by atoms with Crippen molar-refractivity contribution in [3.05, 3.63) is 32.7 Å². The number of aromatic nitrogens is 1. The number of hydrogen-bond acceptors (Lipinski definition) is 1. The summed E-state index contributed by atoms with van der Waals surface area (Å²) in [6, 6.07) is 3.12. The summed E-state index contributed by atoms with van der Waals surface area (Å²) in [7, 11) is 0. The minimum absolute atomic E-state index is 0.126. The zero-order chi connectivity index (χ0) is 7.56. The average Bonchev–Trinajstić information content (AvgIpc) is 1.94. The molecule has 0 aromatic carbocycles. The summed E-state index contributed by atoms with van der Waals surface area (Å²) >= 11 is 8.74. The topological polar surface area (TPSA) is 32.9 Å². The summed E-state index contributed by atoms with van der Waals surface area (Å²) in [6.07, 6.45) is 0. The SMILES string of the molecule is O=c1ccc(Br)c(CCl)[nH]1. The van der Waals surface area contributed by atoms with Gasteiger partial charge in [0, 0.05) is 16.2 Å². The lowest BCUT2D eigenvalue weighted by molar-refractivity contribution is 1.10. The van der Waals surface area contributed by atoms with Crippen molar-refractivity contribution < 1.29 is 0 Å². The fraction of sp³-hybridized carbons (Fsp3) is 0.167. The second kappa shape index (κ2) is 3.21. The van der Waals surface area contributed by atoms with Crippen LogP contribution in [0, 0.1) is 0 Å². The summed E-state index contributed by atoms with van der Waals surface area (Å²) in [4.78, 5) is 13.3. The van der Waals surface area contributed by atoms with Crippen molar-refractivity contribution in [3.8, 4) is 0 Å². The van der Waals surface area contributed by atoms with Gasteiger partial charge < -0.3 is 4.98 Å². The Kier molecular flexibility index (Phi) is 2.51. The van der Waals surface area contributed by atoms with Crippen LogP contribution in [-0.2, 0) is 5.88 Å². The third-order valence-corrected chi connectivity index (χ3v) is 2.09. The van der Waals surface area contributed by atoms with Gasteiger partial charge in [0.25, 0.3) is 0 Å². The highest BCUT2D eigenvalue weighted by atomic mass is 79.9. The van der Waals surface area contributed by atoms with E-state index in [1.54, 1.807) is 6.07 Å². The van der Waals surface area contributed by atoms with Crippen molar-refractivity contribution in [2.75, 3.05) is 0 Å². The molecular formula is C6H5BrClNO. The van der Waals surface area contributed by atoms with Gasteiger partial charge >= 0.3 is 0 Å². The summed E-state index contributed by atoms with van der Waals surface area (Å²) < 4.78 is 0.835. The molecule has 0 aliphatic rings. The quantitative estimate of drug-likeness (QED) is 0.723. The minimum Gasteiger partial charge on any atom is -0.324 e. The smallest absolute Gasteiger partial charge is 0.248 e. The molecule has 0 unspecified atom stereocenters. The average molecular weight is 222 g/mol. The van der Waals surface area contributed by atoms with Gasteiger partial charge in [-0.15, -0.1) is 11.6 Å². The first kappa shape index (κ1) is 7.82. The molecule has 1 N–H and O–H groups in total. The number of hydrogen-bond donors (Lipinski definition) is 1. The first-order valence-electron chi connectivity index (χ1n) is 2.67. The van der Waals surface area contributed by atoms with Crippen LogP contribution in [-0.4, -0.2) is 4.98 Å². The molecule has 1 aromatic rings. The number of rotatable bonds is 1. The first-order valence-corrected chi connectivity index (χ1v) is 4.00. The van der Waals surface area contributed by atoms with Crippen LogP contribution >= 0.6 is 27.5 Å². The molecule has 0 saturated carbocycles. The molecule has 54 valence electrons. The van der Waals surface area contributed by atoms with Crippen LogP contribution in [0.15, 0.2) is 21.4 Å². The number of halogens is 2. The van der Waals surface area contributed by atoms with Crippen molar-refractivity contribution >= 4 is 27.5 Å². The molecule has 0 amide bonds. The molecule has 4 heteroatoms. The molecule has 0 aliphatic carbocycles. The molecule has 1 rings (SSSR count). The van der Waals surface area contributed by atoms with Crippen LogP contribution in [0.4, 0.5) is 0 Å². The van der Waals surface area contributed by atoms with Gasteiger partial charge in [-0.1, -0.05) is 0 Å². The number of pyridine rings is 1. The van der Waals surface area contributed by atoms with Crippen molar-refractivity contribution in [1.29, 1.82) is 0 Å². The maximum atomic E-state index is 10.7. The van der Waals surface area contributed by atoms with Gasteiger partial charge in [-0.3, -0.25) is 4.79 Å². The summed E-state index contributed by atoms with van der Waals surface area (Å²) in [5, 5.41) is 0. The first-order chi connectivity index (χ1) is 4.74. The van der Waals surface area contributed by atoms with Gasteiger partial charge in [-0.05, 0) is 22.0 Å². The Morgan fingerprint density at radius 3 is 2.80 bits per heavy atom. The molecule has 10 heavy (non-hydrogen) atoms. The van der Waals surface area contributed by atoms with Gasteiger partial charge in [-0.25, -0.2) is 0 Å². The molecule has 0 aliphatic heterocycles. The Balaban J connectivity index is 3.22. The van der Waals surface area contributed by atoms with Gasteiger partial charge in [0.1, 0.15) is 0 Å². The fourth-order valence-corrected chi connectivity index (χ4v) is 1.34. The summed E-state index contributed by atoms with van der Waals surface area (Å²) in [6.45, 7) is 0. The van der Waals surface area contributed by atoms with Crippen LogP contribution in [0.3, 0.4) is 0 Å². The molecule has 0 radical (unpaired) electrons. The largest absolute Gasteiger partial charge is 0.324 e. The Bertz CT molecular complexity index is 283. The van der Waals surface area contributed by atoms with Gasteiger partial charge in [-0.2, -0.15) is 0 Å². The lowest BCUT2D eigenvalue weighted by atomic mass is 10.4. The van der Waals surface area contributed by atoms with E-state index in [1.165, 1.54) is 6.07 Å². The minimum atomic E-state index is -0.126. The molecule has 1 aromatic heterocycles. The highest BCUT2D eigenvalue weighted by Crippen LogP contribution is 2.12. The Morgan fingerprint density at radius 2 is 2.30 bits per heavy atom. The molecule has 0 saturated heterocycles. The van der Waals surface area contributed by atoms with Crippen molar-refractivity contribution in [3.63, 3.8) is 0 Å². The predicted octanol–water partition coefficient (Wildman–Crippen LogP) is 1.88. The van der Waals surface area contributed by atoms with E-state index >= 15 is 0 Å². The molecule has 0 spiro atoms. The van der Waals surface area contributed by atoms with Crippen LogP contribution in [0.5, 0.6) is 0 Å². The van der Waals surface area contributed by atoms with E-state index in [9.17, 15) is 4.79 Å². The lowest BCUT2D eigenvalue weighted by Gasteiger charge is -1.96. The van der Waals surface area contributed by atoms with Crippen molar-refractivity contribution in [2.24, 2.45) is 0 Å². The summed E-state index contributed by atoms with van der Waals surface area (Å²) in [5.74, 6) is 0.316. The fourth-order valence-electron chi connectivity index (χ4n) is 0.597. The van der Waals surface area contributed by atoms with Crippen LogP contribution in [0.2, 0.25) is 0 Å². The molecule has 2 nitrogen and oxygen atoms in total. The Morgan fingerprint density at radius 1 is 1.60 bits per heavy atom. The van der Waals surface area contributed by atoms with E-state index in [0.717, 1.165) is 4.47 Å². The molecule has 1 heterocycles. The van der Waals surface area contributed by atoms with Gasteiger partial charge in [0.15, 0.2) is 0 Å². The number of H-pyrrole nitrogens is 1. The van der Waals surface area contributed by atoms with E-state index in [1.807, 2.05) is 0 Å². The van der Waals surface area contributed by atoms with Gasteiger partial charge in [0.05, 0.1) is 5.88 Å². The zero-order valence-corrected chi connectivity index (χ0v) is 7.37. The zero-order valence-electron chi connectivity index (χ0n) is 5.03. The second-order valence-electron chi connectivity index (χ2n) is 1.78.